The molecule has 3 aliphatic rings. The Kier molecular flexibility index (Phi) is 7.80. The van der Waals surface area contributed by atoms with E-state index in [1.54, 1.807) is 11.0 Å². The number of hydrogen-bond acceptors (Lipinski definition) is 12. The zero-order valence-corrected chi connectivity index (χ0v) is 25.0. The summed E-state index contributed by atoms with van der Waals surface area (Å²) in [7, 11) is -5.93. The largest absolute Gasteiger partial charge is 0.382 e. The lowest BCUT2D eigenvalue weighted by atomic mass is 9.88. The smallest absolute Gasteiger partial charge is 0.280 e. The summed E-state index contributed by atoms with van der Waals surface area (Å²) in [4.78, 5) is 39.6. The molecule has 1 spiro atoms. The highest BCUT2D eigenvalue weighted by molar-refractivity contribution is 7.92. The van der Waals surface area contributed by atoms with Gasteiger partial charge in [-0.15, -0.1) is 0 Å². The topological polar surface area (TPSA) is 223 Å². The first-order valence-electron chi connectivity index (χ1n) is 13.0. The van der Waals surface area contributed by atoms with Gasteiger partial charge in [-0.2, -0.15) is 4.31 Å². The molecule has 1 aromatic carbocycles. The molecule has 0 bridgehead atoms. The van der Waals surface area contributed by atoms with Crippen LogP contribution in [-0.4, -0.2) is 104 Å². The molecule has 0 radical (unpaired) electrons. The Morgan fingerprint density at radius 2 is 1.90 bits per heavy atom. The van der Waals surface area contributed by atoms with E-state index in [1.165, 1.54) is 25.2 Å². The van der Waals surface area contributed by atoms with E-state index in [2.05, 4.69) is 25.6 Å². The predicted molar refractivity (Wildman–Crippen MR) is 155 cm³/mol. The van der Waals surface area contributed by atoms with E-state index < -0.39 is 37.3 Å². The number of carbonyl (C=O) groups is 2. The minimum atomic E-state index is -4.01. The van der Waals surface area contributed by atoms with Crippen LogP contribution in [0, 0.1) is 0 Å². The Labute approximate surface area is 247 Å². The standard InChI is InChI=1S/C24H30ClN9O6S2/c1-33(15-5-10-41(37,38)12-15)42(39,40)16-4-2-3-14(11-16)22(36)34-8-6-24(7-9-34)13-28-23(32-24)31-21(35)17-19(26)30-20(27)18(25)29-17/h2-4,11,15H,5-10,12-13H2,1H3,(H4,26,27,30)(H2,28,31,32,35). The van der Waals surface area contributed by atoms with Gasteiger partial charge in [0.1, 0.15) is 0 Å². The minimum Gasteiger partial charge on any atom is -0.382 e. The van der Waals surface area contributed by atoms with Gasteiger partial charge in [-0.3, -0.25) is 19.9 Å². The minimum absolute atomic E-state index is 0.0545. The van der Waals surface area contributed by atoms with Crippen LogP contribution in [0.15, 0.2) is 34.2 Å². The van der Waals surface area contributed by atoms with Crippen molar-refractivity contribution in [1.82, 2.24) is 29.8 Å². The van der Waals surface area contributed by atoms with Crippen LogP contribution in [0.2, 0.25) is 5.15 Å². The number of amides is 2. The summed E-state index contributed by atoms with van der Waals surface area (Å²) in [6.45, 7) is 1.10. The number of nitrogens with zero attached hydrogens (tertiary/aromatic N) is 5. The fraction of sp³-hybridized carbons (Fsp3) is 0.458. The first kappa shape index (κ1) is 29.9. The van der Waals surface area contributed by atoms with Crippen LogP contribution in [-0.2, 0) is 19.9 Å². The Morgan fingerprint density at radius 1 is 1.19 bits per heavy atom. The van der Waals surface area contributed by atoms with Crippen LogP contribution in [0.4, 0.5) is 11.6 Å². The number of guanidine groups is 1. The normalized spacial score (nSPS) is 21.3. The number of nitrogens with one attached hydrogen (secondary N) is 2. The summed E-state index contributed by atoms with van der Waals surface area (Å²) in [6, 6.07) is 5.11. The number of sulfonamides is 1. The maximum absolute atomic E-state index is 13.3. The van der Waals surface area contributed by atoms with Gasteiger partial charge >= 0.3 is 0 Å². The number of hydrogen-bond donors (Lipinski definition) is 4. The number of rotatable bonds is 5. The summed E-state index contributed by atoms with van der Waals surface area (Å²) in [5.41, 5.74) is 10.8. The molecule has 6 N–H and O–H groups in total. The van der Waals surface area contributed by atoms with Gasteiger partial charge in [0, 0.05) is 31.7 Å². The van der Waals surface area contributed by atoms with Gasteiger partial charge in [-0.1, -0.05) is 17.7 Å². The Balaban J connectivity index is 1.19. The fourth-order valence-electron chi connectivity index (χ4n) is 5.22. The van der Waals surface area contributed by atoms with Crippen molar-refractivity contribution in [3.8, 4) is 0 Å². The number of nitrogen functional groups attached to an aromatic ring is 2. The van der Waals surface area contributed by atoms with Gasteiger partial charge < -0.3 is 21.7 Å². The highest BCUT2D eigenvalue weighted by Crippen LogP contribution is 2.28. The van der Waals surface area contributed by atoms with Crippen molar-refractivity contribution in [2.75, 3.05) is 49.7 Å². The molecule has 1 aromatic heterocycles. The van der Waals surface area contributed by atoms with Crippen molar-refractivity contribution in [3.05, 3.63) is 40.7 Å². The molecule has 5 rings (SSSR count). The van der Waals surface area contributed by atoms with Gasteiger partial charge in [-0.05, 0) is 37.5 Å². The summed E-state index contributed by atoms with van der Waals surface area (Å²) < 4.78 is 51.3. The van der Waals surface area contributed by atoms with E-state index in [1.807, 2.05) is 0 Å². The highest BCUT2D eigenvalue weighted by atomic mass is 35.5. The number of piperidine rings is 1. The van der Waals surface area contributed by atoms with E-state index in [0.717, 1.165) is 4.31 Å². The van der Waals surface area contributed by atoms with Crippen LogP contribution < -0.4 is 22.1 Å². The van der Waals surface area contributed by atoms with Crippen LogP contribution in [0.5, 0.6) is 0 Å². The van der Waals surface area contributed by atoms with E-state index >= 15 is 0 Å². The average molecular weight is 640 g/mol. The van der Waals surface area contributed by atoms with E-state index in [9.17, 15) is 26.4 Å². The van der Waals surface area contributed by atoms with Crippen molar-refractivity contribution in [2.45, 2.75) is 35.7 Å². The monoisotopic (exact) mass is 639 g/mol. The first-order valence-corrected chi connectivity index (χ1v) is 16.6. The van der Waals surface area contributed by atoms with Gasteiger partial charge in [0.15, 0.2) is 38.3 Å². The number of anilines is 2. The molecular weight excluding hydrogens is 610 g/mol. The van der Waals surface area contributed by atoms with Gasteiger partial charge in [0.25, 0.3) is 11.8 Å². The Morgan fingerprint density at radius 3 is 2.57 bits per heavy atom. The lowest BCUT2D eigenvalue weighted by Gasteiger charge is -2.39. The van der Waals surface area contributed by atoms with Crippen LogP contribution in [0.1, 0.15) is 40.1 Å². The fourth-order valence-corrected chi connectivity index (χ4v) is 8.65. The van der Waals surface area contributed by atoms with Crippen LogP contribution in [0.3, 0.4) is 0 Å². The molecule has 0 saturated carbocycles. The number of aromatic nitrogens is 2. The second-order valence-corrected chi connectivity index (χ2v) is 15.1. The molecule has 18 heteroatoms. The molecule has 2 amide bonds. The van der Waals surface area contributed by atoms with Crippen molar-refractivity contribution in [1.29, 1.82) is 0 Å². The molecule has 1 atom stereocenters. The van der Waals surface area contributed by atoms with Crippen molar-refractivity contribution < 1.29 is 26.4 Å². The number of benzene rings is 1. The molecule has 2 saturated heterocycles. The molecule has 0 aliphatic carbocycles. The van der Waals surface area contributed by atoms with Crippen LogP contribution >= 0.6 is 11.6 Å². The molecule has 4 heterocycles. The highest BCUT2D eigenvalue weighted by Gasteiger charge is 2.41. The second-order valence-electron chi connectivity index (χ2n) is 10.6. The number of likely N-dealkylation sites (tertiary alicyclic amines) is 1. The van der Waals surface area contributed by atoms with Gasteiger partial charge in [0.2, 0.25) is 10.0 Å². The van der Waals surface area contributed by atoms with Gasteiger partial charge in [-0.25, -0.2) is 26.8 Å². The number of aliphatic imine (C=N–C) groups is 1. The molecule has 226 valence electrons. The van der Waals surface area contributed by atoms with E-state index in [0.29, 0.717) is 32.5 Å². The summed E-state index contributed by atoms with van der Waals surface area (Å²) >= 11 is 5.86. The molecule has 2 aromatic rings. The third-order valence-electron chi connectivity index (χ3n) is 7.76. The molecule has 15 nitrogen and oxygen atoms in total. The van der Waals surface area contributed by atoms with Crippen molar-refractivity contribution in [3.63, 3.8) is 0 Å². The quantitative estimate of drug-likeness (QED) is 0.325. The zero-order valence-electron chi connectivity index (χ0n) is 22.6. The molecule has 42 heavy (non-hydrogen) atoms. The number of sulfone groups is 1. The maximum atomic E-state index is 13.3. The lowest BCUT2D eigenvalue weighted by Crippen LogP contribution is -2.57. The third-order valence-corrected chi connectivity index (χ3v) is 11.7. The average Bonchev–Trinajstić information content (AvgIpc) is 3.52. The second kappa shape index (κ2) is 10.9. The number of halogens is 1. The van der Waals surface area contributed by atoms with Gasteiger partial charge in [0.05, 0.1) is 28.5 Å². The Bertz CT molecular complexity index is 1690. The molecular formula is C24H30ClN9O6S2. The number of nitrogens with two attached hydrogens (primary N) is 2. The van der Waals surface area contributed by atoms with Crippen LogP contribution in [0.25, 0.3) is 0 Å². The summed E-state index contributed by atoms with van der Waals surface area (Å²) in [5.74, 6) is -1.30. The molecule has 1 unspecified atom stereocenters. The van der Waals surface area contributed by atoms with E-state index in [4.69, 9.17) is 23.1 Å². The SMILES string of the molecule is CN(C1CCS(=O)(=O)C1)S(=O)(=O)c1cccc(C(=O)N2CCC3(CC2)CN=C(NC(=O)c2nc(Cl)c(N)nc2N)N3)c1. The lowest BCUT2D eigenvalue weighted by molar-refractivity contribution is 0.0668. The number of carbonyl (C=O) groups excluding carboxylic acids is 2. The summed E-state index contributed by atoms with van der Waals surface area (Å²) in [5, 5.41) is 5.69. The third kappa shape index (κ3) is 5.86. The predicted octanol–water partition coefficient (Wildman–Crippen LogP) is -0.534. The Hall–Kier alpha value is -3.54. The molecule has 2 fully saturated rings. The zero-order chi connectivity index (χ0) is 30.4. The molecule has 3 aliphatic heterocycles. The van der Waals surface area contributed by atoms with Crippen molar-refractivity contribution in [2.24, 2.45) is 4.99 Å². The van der Waals surface area contributed by atoms with E-state index in [-0.39, 0.29) is 62.7 Å². The van der Waals surface area contributed by atoms with Crippen molar-refractivity contribution >= 4 is 60.9 Å². The maximum Gasteiger partial charge on any atom is 0.280 e. The summed E-state index contributed by atoms with van der Waals surface area (Å²) in [6.07, 6.45) is 1.27. The first-order chi connectivity index (χ1) is 19.7.